The van der Waals surface area contributed by atoms with Gasteiger partial charge in [0, 0.05) is 43.8 Å². The molecule has 0 aliphatic carbocycles. The lowest BCUT2D eigenvalue weighted by molar-refractivity contribution is 0.669. The monoisotopic (exact) mass is 716 g/mol. The maximum absolute atomic E-state index is 6.32. The number of aromatic nitrogens is 4. The normalized spacial score (nSPS) is 11.6. The molecule has 0 atom stereocenters. The molecule has 0 fully saturated rings. The Hall–Kier alpha value is -7.63. The molecule has 0 bridgehead atoms. The lowest BCUT2D eigenvalue weighted by atomic mass is 10.00. The van der Waals surface area contributed by atoms with Crippen LogP contribution in [-0.2, 0) is 0 Å². The Morgan fingerprint density at radius 2 is 0.929 bits per heavy atom. The fourth-order valence-electron chi connectivity index (χ4n) is 8.13. The Balaban J connectivity index is 1.25. The molecule has 0 saturated carbocycles. The van der Waals surface area contributed by atoms with Crippen molar-refractivity contribution in [1.82, 2.24) is 19.5 Å². The van der Waals surface area contributed by atoms with Crippen molar-refractivity contribution in [3.05, 3.63) is 194 Å². The van der Waals surface area contributed by atoms with E-state index in [1.54, 1.807) is 0 Å². The number of furan rings is 1. The molecule has 11 rings (SSSR count). The van der Waals surface area contributed by atoms with Gasteiger partial charge in [0.25, 0.3) is 0 Å². The quantitative estimate of drug-likeness (QED) is 0.172. The molecule has 5 heteroatoms. The zero-order valence-electron chi connectivity index (χ0n) is 30.2. The third-order valence-corrected chi connectivity index (χ3v) is 10.7. The summed E-state index contributed by atoms with van der Waals surface area (Å²) in [7, 11) is 0. The second-order valence-corrected chi connectivity index (χ2v) is 14.0. The Morgan fingerprint density at radius 1 is 0.357 bits per heavy atom. The van der Waals surface area contributed by atoms with E-state index < -0.39 is 0 Å². The van der Waals surface area contributed by atoms with Crippen molar-refractivity contribution in [2.45, 2.75) is 0 Å². The van der Waals surface area contributed by atoms with Gasteiger partial charge in [-0.25, -0.2) is 15.0 Å². The molecule has 0 amide bonds. The molecule has 3 aromatic heterocycles. The Kier molecular flexibility index (Phi) is 7.42. The number of para-hydroxylation sites is 3. The highest BCUT2D eigenvalue weighted by molar-refractivity contribution is 6.14. The lowest BCUT2D eigenvalue weighted by Gasteiger charge is -2.18. The molecule has 0 aliphatic rings. The molecule has 11 aromatic rings. The first kappa shape index (κ1) is 31.9. The lowest BCUT2D eigenvalue weighted by Crippen LogP contribution is -2.04. The van der Waals surface area contributed by atoms with E-state index in [2.05, 4.69) is 150 Å². The van der Waals surface area contributed by atoms with Crippen molar-refractivity contribution in [2.75, 3.05) is 0 Å². The molecular formula is C51H32N4O. The smallest absolute Gasteiger partial charge is 0.166 e. The number of fused-ring (bicyclic) bond motifs is 6. The first-order chi connectivity index (χ1) is 27.8. The third kappa shape index (κ3) is 5.21. The second-order valence-electron chi connectivity index (χ2n) is 14.0. The van der Waals surface area contributed by atoms with Gasteiger partial charge in [-0.2, -0.15) is 0 Å². The highest BCUT2D eigenvalue weighted by Crippen LogP contribution is 2.42. The number of hydrogen-bond acceptors (Lipinski definition) is 4. The maximum Gasteiger partial charge on any atom is 0.166 e. The summed E-state index contributed by atoms with van der Waals surface area (Å²) in [5.74, 6) is 1.76. The van der Waals surface area contributed by atoms with E-state index >= 15 is 0 Å². The standard InChI is InChI=1S/C51H32N4O/c1-4-16-33(17-5-1)36-30-31-40(44(32-36)55-43-27-12-10-22-38(43)39-25-14-24-37(48(39)55)34-18-6-2-7-19-34)50-52-49(35-20-8-3-9-21-35)53-51(54-50)42-26-15-29-46-47(42)41-23-11-13-28-45(41)56-46/h1-32H. The van der Waals surface area contributed by atoms with Gasteiger partial charge < -0.3 is 8.98 Å². The van der Waals surface area contributed by atoms with Gasteiger partial charge in [0.1, 0.15) is 11.2 Å². The molecule has 5 nitrogen and oxygen atoms in total. The Labute approximate surface area is 322 Å². The van der Waals surface area contributed by atoms with E-state index in [9.17, 15) is 0 Å². The van der Waals surface area contributed by atoms with Crippen LogP contribution in [0.25, 0.3) is 106 Å². The van der Waals surface area contributed by atoms with Gasteiger partial charge in [-0.15, -0.1) is 0 Å². The predicted molar refractivity (Wildman–Crippen MR) is 229 cm³/mol. The van der Waals surface area contributed by atoms with Gasteiger partial charge in [0.15, 0.2) is 17.5 Å². The predicted octanol–water partition coefficient (Wildman–Crippen LogP) is 13.2. The van der Waals surface area contributed by atoms with E-state index in [1.807, 2.05) is 48.5 Å². The van der Waals surface area contributed by atoms with Crippen LogP contribution in [0.15, 0.2) is 199 Å². The summed E-state index contributed by atoms with van der Waals surface area (Å²) < 4.78 is 8.73. The molecule has 262 valence electrons. The van der Waals surface area contributed by atoms with E-state index in [1.165, 1.54) is 10.8 Å². The first-order valence-corrected chi connectivity index (χ1v) is 18.8. The van der Waals surface area contributed by atoms with Crippen LogP contribution < -0.4 is 0 Å². The van der Waals surface area contributed by atoms with Crippen molar-refractivity contribution in [3.63, 3.8) is 0 Å². The largest absolute Gasteiger partial charge is 0.456 e. The van der Waals surface area contributed by atoms with Crippen LogP contribution in [0, 0.1) is 0 Å². The van der Waals surface area contributed by atoms with Crippen LogP contribution in [0.2, 0.25) is 0 Å². The van der Waals surface area contributed by atoms with Crippen molar-refractivity contribution in [3.8, 4) is 62.1 Å². The fourth-order valence-corrected chi connectivity index (χ4v) is 8.13. The minimum Gasteiger partial charge on any atom is -0.456 e. The topological polar surface area (TPSA) is 56.7 Å². The average Bonchev–Trinajstić information content (AvgIpc) is 3.83. The second kappa shape index (κ2) is 13.0. The summed E-state index contributed by atoms with van der Waals surface area (Å²) in [4.78, 5) is 15.8. The molecule has 0 spiro atoms. The van der Waals surface area contributed by atoms with Crippen molar-refractivity contribution in [2.24, 2.45) is 0 Å². The minimum atomic E-state index is 0.580. The van der Waals surface area contributed by atoms with E-state index in [0.717, 1.165) is 77.6 Å². The molecule has 56 heavy (non-hydrogen) atoms. The zero-order valence-corrected chi connectivity index (χ0v) is 30.2. The molecular weight excluding hydrogens is 685 g/mol. The van der Waals surface area contributed by atoms with E-state index in [4.69, 9.17) is 19.4 Å². The molecule has 8 aromatic carbocycles. The van der Waals surface area contributed by atoms with Crippen LogP contribution in [0.3, 0.4) is 0 Å². The molecule has 3 heterocycles. The zero-order chi connectivity index (χ0) is 37.0. The molecule has 0 N–H and O–H groups in total. The van der Waals surface area contributed by atoms with E-state index in [0.29, 0.717) is 17.5 Å². The van der Waals surface area contributed by atoms with Gasteiger partial charge in [-0.3, -0.25) is 0 Å². The number of hydrogen-bond donors (Lipinski definition) is 0. The maximum atomic E-state index is 6.32. The SMILES string of the molecule is c1ccc(-c2ccc(-c3nc(-c4ccccc4)nc(-c4cccc5oc6ccccc6c45)n3)c(-n3c4ccccc4c4cccc(-c5ccccc5)c43)c2)cc1. The van der Waals surface area contributed by atoms with Crippen LogP contribution in [-0.4, -0.2) is 19.5 Å². The van der Waals surface area contributed by atoms with Crippen LogP contribution >= 0.6 is 0 Å². The Morgan fingerprint density at radius 3 is 1.71 bits per heavy atom. The van der Waals surface area contributed by atoms with Crippen LogP contribution in [0.1, 0.15) is 0 Å². The van der Waals surface area contributed by atoms with Crippen LogP contribution in [0.4, 0.5) is 0 Å². The molecule has 0 unspecified atom stereocenters. The number of nitrogens with zero attached hydrogens (tertiary/aromatic N) is 4. The fraction of sp³-hybridized carbons (Fsp3) is 0. The average molecular weight is 717 g/mol. The highest BCUT2D eigenvalue weighted by atomic mass is 16.3. The number of benzene rings is 8. The van der Waals surface area contributed by atoms with Crippen LogP contribution in [0.5, 0.6) is 0 Å². The minimum absolute atomic E-state index is 0.580. The van der Waals surface area contributed by atoms with Crippen molar-refractivity contribution < 1.29 is 4.42 Å². The number of rotatable bonds is 6. The molecule has 0 saturated heterocycles. The summed E-state index contributed by atoms with van der Waals surface area (Å²) in [6.45, 7) is 0. The van der Waals surface area contributed by atoms with Gasteiger partial charge in [0.2, 0.25) is 0 Å². The van der Waals surface area contributed by atoms with Gasteiger partial charge in [0.05, 0.1) is 16.7 Å². The first-order valence-electron chi connectivity index (χ1n) is 18.8. The molecule has 0 radical (unpaired) electrons. The third-order valence-electron chi connectivity index (χ3n) is 10.7. The van der Waals surface area contributed by atoms with E-state index in [-0.39, 0.29) is 0 Å². The van der Waals surface area contributed by atoms with Gasteiger partial charge in [-0.05, 0) is 47.0 Å². The highest BCUT2D eigenvalue weighted by Gasteiger charge is 2.23. The van der Waals surface area contributed by atoms with Crippen molar-refractivity contribution in [1.29, 1.82) is 0 Å². The van der Waals surface area contributed by atoms with Gasteiger partial charge >= 0.3 is 0 Å². The summed E-state index contributed by atoms with van der Waals surface area (Å²) in [5.41, 5.74) is 12.0. The van der Waals surface area contributed by atoms with Crippen molar-refractivity contribution >= 4 is 43.7 Å². The summed E-state index contributed by atoms with van der Waals surface area (Å²) in [6.07, 6.45) is 0. The summed E-state index contributed by atoms with van der Waals surface area (Å²) >= 11 is 0. The summed E-state index contributed by atoms with van der Waals surface area (Å²) in [6, 6.07) is 67.5. The Bertz CT molecular complexity index is 3240. The molecule has 0 aliphatic heterocycles. The summed E-state index contributed by atoms with van der Waals surface area (Å²) in [5, 5.41) is 4.36. The van der Waals surface area contributed by atoms with Gasteiger partial charge in [-0.1, -0.05) is 164 Å².